The average molecular weight is 314 g/mol. The van der Waals surface area contributed by atoms with E-state index in [1.165, 1.54) is 12.4 Å². The van der Waals surface area contributed by atoms with Crippen LogP contribution < -0.4 is 4.72 Å². The fourth-order valence-electron chi connectivity index (χ4n) is 2.35. The lowest BCUT2D eigenvalue weighted by atomic mass is 9.93. The predicted octanol–water partition coefficient (Wildman–Crippen LogP) is 0.725. The van der Waals surface area contributed by atoms with E-state index in [0.717, 1.165) is 0 Å². The minimum atomic E-state index is -3.53. The van der Waals surface area contributed by atoms with E-state index in [1.807, 2.05) is 25.7 Å². The maximum Gasteiger partial charge on any atom is 0.243 e. The number of piperidine rings is 1. The lowest BCUT2D eigenvalue weighted by Crippen LogP contribution is -2.49. The van der Waals surface area contributed by atoms with E-state index in [9.17, 15) is 13.2 Å². The summed E-state index contributed by atoms with van der Waals surface area (Å²) in [6, 6.07) is -0.145. The second-order valence-corrected chi connectivity index (χ2v) is 8.09. The first-order valence-corrected chi connectivity index (χ1v) is 8.49. The molecule has 0 unspecified atom stereocenters. The van der Waals surface area contributed by atoms with Gasteiger partial charge in [0.1, 0.15) is 4.90 Å². The number of amides is 1. The zero-order valence-corrected chi connectivity index (χ0v) is 13.4. The Bertz CT molecular complexity index is 581. The first kappa shape index (κ1) is 16.0. The molecule has 0 aliphatic carbocycles. The second kappa shape index (κ2) is 5.76. The molecule has 1 saturated heterocycles. The molecule has 21 heavy (non-hydrogen) atoms. The van der Waals surface area contributed by atoms with Gasteiger partial charge in [0.25, 0.3) is 0 Å². The zero-order chi connectivity index (χ0) is 15.7. The van der Waals surface area contributed by atoms with Gasteiger partial charge in [0, 0.05) is 30.7 Å². The molecule has 8 heteroatoms. The third-order valence-electron chi connectivity index (χ3n) is 3.53. The summed E-state index contributed by atoms with van der Waals surface area (Å²) in [6.45, 7) is 6.83. The highest BCUT2D eigenvalue weighted by molar-refractivity contribution is 7.89. The monoisotopic (exact) mass is 314 g/mol. The molecule has 7 nitrogen and oxygen atoms in total. The van der Waals surface area contributed by atoms with E-state index in [4.69, 9.17) is 0 Å². The number of nitrogens with one attached hydrogen (secondary N) is 2. The van der Waals surface area contributed by atoms with Crippen molar-refractivity contribution in [3.8, 4) is 0 Å². The number of hydrogen-bond donors (Lipinski definition) is 2. The molecule has 0 saturated carbocycles. The molecule has 2 N–H and O–H groups in total. The smallest absolute Gasteiger partial charge is 0.243 e. The van der Waals surface area contributed by atoms with Crippen LogP contribution in [0.5, 0.6) is 0 Å². The van der Waals surface area contributed by atoms with Crippen molar-refractivity contribution in [2.75, 3.05) is 13.1 Å². The van der Waals surface area contributed by atoms with Gasteiger partial charge in [-0.25, -0.2) is 13.1 Å². The van der Waals surface area contributed by atoms with E-state index >= 15 is 0 Å². The Hall–Kier alpha value is -1.41. The van der Waals surface area contributed by atoms with Crippen molar-refractivity contribution in [2.45, 2.75) is 44.6 Å². The maximum absolute atomic E-state index is 12.2. The molecule has 0 spiro atoms. The predicted molar refractivity (Wildman–Crippen MR) is 78.0 cm³/mol. The summed E-state index contributed by atoms with van der Waals surface area (Å²) in [4.78, 5) is 14.1. The fourth-order valence-corrected chi connectivity index (χ4v) is 3.56. The van der Waals surface area contributed by atoms with E-state index < -0.39 is 15.4 Å². The Labute approximate surface area is 125 Å². The second-order valence-electron chi connectivity index (χ2n) is 6.37. The first-order valence-electron chi connectivity index (χ1n) is 7.00. The summed E-state index contributed by atoms with van der Waals surface area (Å²) in [6.07, 6.45) is 3.87. The Morgan fingerprint density at radius 3 is 2.48 bits per heavy atom. The third kappa shape index (κ3) is 3.82. The van der Waals surface area contributed by atoms with Gasteiger partial charge in [0.05, 0.1) is 6.20 Å². The highest BCUT2D eigenvalue weighted by Gasteiger charge is 2.31. The number of aromatic nitrogens is 2. The molecule has 1 aliphatic heterocycles. The van der Waals surface area contributed by atoms with Gasteiger partial charge in [-0.2, -0.15) is 5.10 Å². The molecule has 2 heterocycles. The van der Waals surface area contributed by atoms with Gasteiger partial charge in [-0.15, -0.1) is 0 Å². The molecule has 0 aromatic carbocycles. The SMILES string of the molecule is CC(C)(C)C(=O)N1CCC(NS(=O)(=O)c2cn[nH]c2)CC1. The van der Waals surface area contributed by atoms with Gasteiger partial charge in [0.15, 0.2) is 0 Å². The molecule has 2 rings (SSSR count). The van der Waals surface area contributed by atoms with Crippen LogP contribution in [0.2, 0.25) is 0 Å². The molecule has 1 aromatic heterocycles. The van der Waals surface area contributed by atoms with Crippen LogP contribution in [0.25, 0.3) is 0 Å². The summed E-state index contributed by atoms with van der Waals surface area (Å²) in [5.41, 5.74) is -0.400. The van der Waals surface area contributed by atoms with Crippen LogP contribution in [0.15, 0.2) is 17.3 Å². The van der Waals surface area contributed by atoms with Gasteiger partial charge >= 0.3 is 0 Å². The molecule has 118 valence electrons. The van der Waals surface area contributed by atoms with Gasteiger partial charge in [-0.1, -0.05) is 20.8 Å². The third-order valence-corrected chi connectivity index (χ3v) is 5.02. The summed E-state index contributed by atoms with van der Waals surface area (Å²) in [5.74, 6) is 0.110. The quantitative estimate of drug-likeness (QED) is 0.859. The van der Waals surface area contributed by atoms with E-state index in [-0.39, 0.29) is 16.8 Å². The Morgan fingerprint density at radius 1 is 1.38 bits per heavy atom. The van der Waals surface area contributed by atoms with Crippen molar-refractivity contribution < 1.29 is 13.2 Å². The van der Waals surface area contributed by atoms with Gasteiger partial charge in [0.2, 0.25) is 15.9 Å². The van der Waals surface area contributed by atoms with Gasteiger partial charge in [-0.3, -0.25) is 9.89 Å². The normalized spacial score (nSPS) is 18.0. The number of carbonyl (C=O) groups excluding carboxylic acids is 1. The van der Waals surface area contributed by atoms with Crippen molar-refractivity contribution in [1.29, 1.82) is 0 Å². The summed E-state index contributed by atoms with van der Waals surface area (Å²) < 4.78 is 26.8. The van der Waals surface area contributed by atoms with Crippen LogP contribution in [0.4, 0.5) is 0 Å². The minimum absolute atomic E-state index is 0.110. The van der Waals surface area contributed by atoms with Crippen LogP contribution in [0.1, 0.15) is 33.6 Å². The van der Waals surface area contributed by atoms with Crippen LogP contribution in [0.3, 0.4) is 0 Å². The summed E-state index contributed by atoms with van der Waals surface area (Å²) >= 11 is 0. The first-order chi connectivity index (χ1) is 9.70. The lowest BCUT2D eigenvalue weighted by molar-refractivity contribution is -0.140. The average Bonchev–Trinajstić information content (AvgIpc) is 2.92. The minimum Gasteiger partial charge on any atom is -0.342 e. The number of aromatic amines is 1. The lowest BCUT2D eigenvalue weighted by Gasteiger charge is -2.35. The molecule has 1 aromatic rings. The van der Waals surface area contributed by atoms with Crippen molar-refractivity contribution in [3.05, 3.63) is 12.4 Å². The van der Waals surface area contributed by atoms with Crippen molar-refractivity contribution in [1.82, 2.24) is 19.8 Å². The number of H-pyrrole nitrogens is 1. The Morgan fingerprint density at radius 2 is 2.00 bits per heavy atom. The van der Waals surface area contributed by atoms with Crippen molar-refractivity contribution in [3.63, 3.8) is 0 Å². The van der Waals surface area contributed by atoms with Crippen LogP contribution in [0, 0.1) is 5.41 Å². The Kier molecular flexibility index (Phi) is 4.38. The largest absolute Gasteiger partial charge is 0.342 e. The van der Waals surface area contributed by atoms with E-state index in [0.29, 0.717) is 25.9 Å². The molecule has 1 amide bonds. The summed E-state index contributed by atoms with van der Waals surface area (Å²) in [7, 11) is -3.53. The van der Waals surface area contributed by atoms with E-state index in [2.05, 4.69) is 14.9 Å². The van der Waals surface area contributed by atoms with Gasteiger partial charge in [-0.05, 0) is 12.8 Å². The van der Waals surface area contributed by atoms with Crippen LogP contribution in [-0.2, 0) is 14.8 Å². The number of nitrogens with zero attached hydrogens (tertiary/aromatic N) is 2. The molecule has 0 bridgehead atoms. The molecular formula is C13H22N4O3S. The number of rotatable bonds is 3. The highest BCUT2D eigenvalue weighted by atomic mass is 32.2. The topological polar surface area (TPSA) is 95.2 Å². The molecule has 0 atom stereocenters. The molecule has 0 radical (unpaired) electrons. The van der Waals surface area contributed by atoms with Crippen LogP contribution >= 0.6 is 0 Å². The number of hydrogen-bond acceptors (Lipinski definition) is 4. The van der Waals surface area contributed by atoms with E-state index in [1.54, 1.807) is 0 Å². The molecular weight excluding hydrogens is 292 g/mol. The van der Waals surface area contributed by atoms with Gasteiger partial charge < -0.3 is 4.90 Å². The molecule has 1 fully saturated rings. The number of sulfonamides is 1. The summed E-state index contributed by atoms with van der Waals surface area (Å²) in [5, 5.41) is 6.14. The standard InChI is InChI=1S/C13H22N4O3S/c1-13(2,3)12(18)17-6-4-10(5-7-17)16-21(19,20)11-8-14-15-9-11/h8-10,16H,4-7H2,1-3H3,(H,14,15). The van der Waals surface area contributed by atoms with Crippen molar-refractivity contribution in [2.24, 2.45) is 5.41 Å². The number of carbonyl (C=O) groups is 1. The highest BCUT2D eigenvalue weighted by Crippen LogP contribution is 2.21. The Balaban J connectivity index is 1.92. The van der Waals surface area contributed by atoms with Crippen molar-refractivity contribution >= 4 is 15.9 Å². The molecule has 1 aliphatic rings. The zero-order valence-electron chi connectivity index (χ0n) is 12.6. The maximum atomic E-state index is 12.2. The fraction of sp³-hybridized carbons (Fsp3) is 0.692. The number of likely N-dealkylation sites (tertiary alicyclic amines) is 1. The van der Waals surface area contributed by atoms with Crippen LogP contribution in [-0.4, -0.2) is 48.6 Å².